The first-order chi connectivity index (χ1) is 13.3. The van der Waals surface area contributed by atoms with Crippen molar-refractivity contribution < 1.29 is 9.53 Å². The van der Waals surface area contributed by atoms with Crippen LogP contribution in [0.25, 0.3) is 10.6 Å². The van der Waals surface area contributed by atoms with Gasteiger partial charge in [0.05, 0.1) is 12.5 Å². The third-order valence-corrected chi connectivity index (χ3v) is 6.56. The molecule has 1 aromatic carbocycles. The van der Waals surface area contributed by atoms with Gasteiger partial charge in [0.1, 0.15) is 5.01 Å². The second-order valence-corrected chi connectivity index (χ2v) is 8.64. The number of carbonyl (C=O) groups is 1. The smallest absolute Gasteiger partial charge is 0.225 e. The van der Waals surface area contributed by atoms with Crippen molar-refractivity contribution in [2.45, 2.75) is 25.8 Å². The summed E-state index contributed by atoms with van der Waals surface area (Å²) in [7, 11) is 0. The number of aromatic nitrogens is 1. The molecule has 2 saturated heterocycles. The number of piperidine rings is 1. The number of nitrogens with one attached hydrogen (secondary N) is 1. The van der Waals surface area contributed by atoms with Crippen LogP contribution in [0.4, 0.5) is 0 Å². The fourth-order valence-electron chi connectivity index (χ4n) is 3.79. The first-order valence-corrected chi connectivity index (χ1v) is 10.7. The number of likely N-dealkylation sites (tertiary alicyclic amines) is 1. The number of rotatable bonds is 6. The van der Waals surface area contributed by atoms with Gasteiger partial charge in [0.2, 0.25) is 5.91 Å². The fraction of sp³-hybridized carbons (Fsp3) is 0.524. The molecule has 4 rings (SSSR count). The number of nitrogens with zero attached hydrogens (tertiary/aromatic N) is 2. The number of hydrogen-bond donors (Lipinski definition) is 1. The maximum absolute atomic E-state index is 12.1. The van der Waals surface area contributed by atoms with E-state index in [1.807, 2.05) is 12.3 Å². The molecule has 0 radical (unpaired) electrons. The maximum Gasteiger partial charge on any atom is 0.225 e. The molecule has 0 saturated carbocycles. The Kier molecular flexibility index (Phi) is 6.17. The number of benzene rings is 1. The van der Waals surface area contributed by atoms with E-state index >= 15 is 0 Å². The summed E-state index contributed by atoms with van der Waals surface area (Å²) in [5.41, 5.74) is 1.19. The highest BCUT2D eigenvalue weighted by molar-refractivity contribution is 7.15. The molecule has 27 heavy (non-hydrogen) atoms. The molecule has 1 amide bonds. The summed E-state index contributed by atoms with van der Waals surface area (Å²) in [4.78, 5) is 20.5. The lowest BCUT2D eigenvalue weighted by atomic mass is 9.96. The van der Waals surface area contributed by atoms with Gasteiger partial charge in [-0.05, 0) is 38.3 Å². The third kappa shape index (κ3) is 4.94. The van der Waals surface area contributed by atoms with E-state index in [0.717, 1.165) is 57.1 Å². The van der Waals surface area contributed by atoms with Gasteiger partial charge < -0.3 is 10.1 Å². The number of amides is 1. The van der Waals surface area contributed by atoms with Crippen molar-refractivity contribution in [3.05, 3.63) is 41.4 Å². The molecule has 5 nitrogen and oxygen atoms in total. The quantitative estimate of drug-likeness (QED) is 0.830. The first-order valence-electron chi connectivity index (χ1n) is 9.86. The summed E-state index contributed by atoms with van der Waals surface area (Å²) >= 11 is 1.79. The lowest BCUT2D eigenvalue weighted by Crippen LogP contribution is -2.40. The Bertz CT molecular complexity index is 735. The van der Waals surface area contributed by atoms with Crippen LogP contribution in [-0.4, -0.2) is 48.6 Å². The van der Waals surface area contributed by atoms with Gasteiger partial charge in [-0.25, -0.2) is 4.98 Å². The molecule has 0 spiro atoms. The van der Waals surface area contributed by atoms with Gasteiger partial charge >= 0.3 is 0 Å². The molecule has 2 aliphatic rings. The Morgan fingerprint density at radius 2 is 2.04 bits per heavy atom. The van der Waals surface area contributed by atoms with Crippen LogP contribution < -0.4 is 5.32 Å². The summed E-state index contributed by atoms with van der Waals surface area (Å²) in [6, 6.07) is 10.4. The van der Waals surface area contributed by atoms with Crippen molar-refractivity contribution in [1.82, 2.24) is 15.2 Å². The van der Waals surface area contributed by atoms with Gasteiger partial charge in [0, 0.05) is 36.3 Å². The Morgan fingerprint density at radius 1 is 1.22 bits per heavy atom. The zero-order valence-electron chi connectivity index (χ0n) is 15.6. The maximum atomic E-state index is 12.1. The van der Waals surface area contributed by atoms with Crippen LogP contribution >= 0.6 is 11.3 Å². The summed E-state index contributed by atoms with van der Waals surface area (Å²) in [5, 5.41) is 4.23. The van der Waals surface area contributed by atoms with Gasteiger partial charge in [-0.2, -0.15) is 0 Å². The van der Waals surface area contributed by atoms with Crippen LogP contribution in [0.15, 0.2) is 36.5 Å². The fourth-order valence-corrected chi connectivity index (χ4v) is 4.75. The van der Waals surface area contributed by atoms with Crippen molar-refractivity contribution in [2.24, 2.45) is 11.8 Å². The minimum atomic E-state index is 0.0650. The molecular weight excluding hydrogens is 358 g/mol. The molecule has 2 fully saturated rings. The average molecular weight is 386 g/mol. The highest BCUT2D eigenvalue weighted by atomic mass is 32.1. The number of ether oxygens (including phenoxy) is 1. The molecule has 2 aromatic rings. The lowest BCUT2D eigenvalue weighted by molar-refractivity contribution is -0.125. The molecule has 0 bridgehead atoms. The normalized spacial score (nSPS) is 21.4. The van der Waals surface area contributed by atoms with E-state index < -0.39 is 0 Å². The molecule has 1 unspecified atom stereocenters. The molecule has 144 valence electrons. The van der Waals surface area contributed by atoms with Gasteiger partial charge in [-0.15, -0.1) is 11.3 Å². The van der Waals surface area contributed by atoms with Crippen molar-refractivity contribution in [3.63, 3.8) is 0 Å². The van der Waals surface area contributed by atoms with Crippen LogP contribution in [-0.2, 0) is 16.1 Å². The van der Waals surface area contributed by atoms with Gasteiger partial charge in [-0.1, -0.05) is 30.3 Å². The Hall–Kier alpha value is -1.76. The Labute approximate surface area is 164 Å². The largest absolute Gasteiger partial charge is 0.381 e. The summed E-state index contributed by atoms with van der Waals surface area (Å²) in [6.07, 6.45) is 5.17. The average Bonchev–Trinajstić information content (AvgIpc) is 3.40. The minimum absolute atomic E-state index is 0.0650. The predicted octanol–water partition coefficient (Wildman–Crippen LogP) is 3.17. The number of thiazole rings is 1. The van der Waals surface area contributed by atoms with Crippen LogP contribution in [0.2, 0.25) is 0 Å². The van der Waals surface area contributed by atoms with E-state index in [9.17, 15) is 4.79 Å². The second kappa shape index (κ2) is 8.95. The van der Waals surface area contributed by atoms with Crippen LogP contribution in [0.3, 0.4) is 0 Å². The second-order valence-electron chi connectivity index (χ2n) is 7.52. The Morgan fingerprint density at radius 3 is 2.78 bits per heavy atom. The monoisotopic (exact) mass is 385 g/mol. The van der Waals surface area contributed by atoms with Crippen molar-refractivity contribution >= 4 is 17.2 Å². The summed E-state index contributed by atoms with van der Waals surface area (Å²) in [6.45, 7) is 5.27. The van der Waals surface area contributed by atoms with E-state index in [1.165, 1.54) is 10.4 Å². The van der Waals surface area contributed by atoms with Gasteiger partial charge in [0.25, 0.3) is 0 Å². The van der Waals surface area contributed by atoms with Gasteiger partial charge in [0.15, 0.2) is 0 Å². The molecular formula is C21H27N3O2S. The third-order valence-electron chi connectivity index (χ3n) is 5.53. The molecule has 1 atom stereocenters. The van der Waals surface area contributed by atoms with Crippen molar-refractivity contribution in [3.8, 4) is 10.6 Å². The topological polar surface area (TPSA) is 54.5 Å². The van der Waals surface area contributed by atoms with E-state index in [-0.39, 0.29) is 11.8 Å². The minimum Gasteiger partial charge on any atom is -0.381 e. The highest BCUT2D eigenvalue weighted by Crippen LogP contribution is 2.27. The van der Waals surface area contributed by atoms with Crippen molar-refractivity contribution in [1.29, 1.82) is 0 Å². The van der Waals surface area contributed by atoms with E-state index in [2.05, 4.69) is 39.5 Å². The highest BCUT2D eigenvalue weighted by Gasteiger charge is 2.25. The van der Waals surface area contributed by atoms with E-state index in [1.54, 1.807) is 11.3 Å². The zero-order chi connectivity index (χ0) is 18.5. The van der Waals surface area contributed by atoms with E-state index in [4.69, 9.17) is 4.74 Å². The lowest BCUT2D eigenvalue weighted by Gasteiger charge is -2.31. The van der Waals surface area contributed by atoms with E-state index in [0.29, 0.717) is 12.5 Å². The van der Waals surface area contributed by atoms with Crippen LogP contribution in [0, 0.1) is 11.8 Å². The first kappa shape index (κ1) is 18.6. The zero-order valence-corrected chi connectivity index (χ0v) is 16.4. The van der Waals surface area contributed by atoms with Crippen LogP contribution in [0.1, 0.15) is 24.1 Å². The standard InChI is InChI=1S/C21H27N3O2S/c25-20(18-8-11-26-15-18)22-12-16-6-9-24(10-7-16)14-19-13-23-21(27-19)17-4-2-1-3-5-17/h1-5,13,16,18H,6-12,14-15H2,(H,22,25). The molecule has 1 N–H and O–H groups in total. The Balaban J connectivity index is 1.20. The van der Waals surface area contributed by atoms with Crippen molar-refractivity contribution in [2.75, 3.05) is 32.8 Å². The summed E-state index contributed by atoms with van der Waals surface area (Å²) < 4.78 is 5.30. The molecule has 6 heteroatoms. The molecule has 0 aliphatic carbocycles. The van der Waals surface area contributed by atoms with Crippen LogP contribution in [0.5, 0.6) is 0 Å². The molecule has 3 heterocycles. The molecule has 1 aromatic heterocycles. The number of carbonyl (C=O) groups excluding carboxylic acids is 1. The molecule has 2 aliphatic heterocycles. The predicted molar refractivity (Wildman–Crippen MR) is 107 cm³/mol. The summed E-state index contributed by atoms with van der Waals surface area (Å²) in [5.74, 6) is 0.831. The van der Waals surface area contributed by atoms with Gasteiger partial charge in [-0.3, -0.25) is 9.69 Å². The number of hydrogen-bond acceptors (Lipinski definition) is 5. The SMILES string of the molecule is O=C(NCC1CCN(Cc2cnc(-c3ccccc3)s2)CC1)C1CCOC1.